The number of carbonyl (C=O) groups excluding carboxylic acids is 1. The molecule has 4 nitrogen and oxygen atoms in total. The van der Waals surface area contributed by atoms with E-state index in [1.54, 1.807) is 6.08 Å². The van der Waals surface area contributed by atoms with Crippen molar-refractivity contribution in [3.8, 4) is 0 Å². The normalized spacial score (nSPS) is 50.9. The Bertz CT molecular complexity index is 570. The van der Waals surface area contributed by atoms with Gasteiger partial charge in [0, 0.05) is 19.6 Å². The van der Waals surface area contributed by atoms with E-state index >= 15 is 0 Å². The summed E-state index contributed by atoms with van der Waals surface area (Å²) >= 11 is 0. The second-order valence-corrected chi connectivity index (χ2v) is 8.94. The van der Waals surface area contributed by atoms with Crippen LogP contribution in [-0.4, -0.2) is 30.6 Å². The predicted octanol–water partition coefficient (Wildman–Crippen LogP) is 3.44. The summed E-state index contributed by atoms with van der Waals surface area (Å²) in [6, 6.07) is 0. The van der Waals surface area contributed by atoms with Gasteiger partial charge in [-0.2, -0.15) is 0 Å². The number of cyclic esters (lactones) is 1. The highest BCUT2D eigenvalue weighted by Crippen LogP contribution is 2.65. The molecule has 0 aromatic heterocycles. The molecule has 1 heterocycles. The van der Waals surface area contributed by atoms with Gasteiger partial charge in [0.05, 0.1) is 6.10 Å². The third-order valence-electron chi connectivity index (χ3n) is 8.08. The molecule has 1 N–H and O–H groups in total. The summed E-state index contributed by atoms with van der Waals surface area (Å²) in [6.07, 6.45) is 8.52. The second kappa shape index (κ2) is 5.57. The van der Waals surface area contributed by atoms with Crippen LogP contribution in [0.5, 0.6) is 0 Å². The van der Waals surface area contributed by atoms with Crippen molar-refractivity contribution < 1.29 is 19.4 Å². The van der Waals surface area contributed by atoms with Crippen LogP contribution in [0.15, 0.2) is 11.6 Å². The Labute approximate surface area is 144 Å². The number of allylic oxidation sites excluding steroid dienone is 1. The van der Waals surface area contributed by atoms with Crippen LogP contribution in [0.4, 0.5) is 0 Å². The van der Waals surface area contributed by atoms with Crippen LogP contribution in [0, 0.1) is 28.6 Å². The molecule has 4 heteroatoms. The molecule has 134 valence electrons. The average molecular weight is 334 g/mol. The van der Waals surface area contributed by atoms with E-state index in [0.717, 1.165) is 19.3 Å². The molecular formula is C20H30O4. The number of aliphatic hydroxyl groups excluding tert-OH is 1. The monoisotopic (exact) mass is 334 g/mol. The van der Waals surface area contributed by atoms with Crippen LogP contribution in [0.3, 0.4) is 0 Å². The lowest BCUT2D eigenvalue weighted by molar-refractivity contribution is -0.167. The smallest absolute Gasteiger partial charge is 0.333 e. The Kier molecular flexibility index (Phi) is 3.85. The number of hydrogen-bond acceptors (Lipinski definition) is 4. The van der Waals surface area contributed by atoms with Crippen molar-refractivity contribution in [2.75, 3.05) is 7.11 Å². The molecule has 0 saturated heterocycles. The summed E-state index contributed by atoms with van der Waals surface area (Å²) in [5, 5.41) is 10.2. The minimum atomic E-state index is -0.974. The summed E-state index contributed by atoms with van der Waals surface area (Å²) in [4.78, 5) is 11.9. The van der Waals surface area contributed by atoms with Gasteiger partial charge in [0.25, 0.3) is 0 Å². The summed E-state index contributed by atoms with van der Waals surface area (Å²) in [7, 11) is 1.86. The van der Waals surface area contributed by atoms with Crippen molar-refractivity contribution in [1.29, 1.82) is 0 Å². The minimum absolute atomic E-state index is 0.110. The number of carbonyl (C=O) groups is 1. The lowest BCUT2D eigenvalue weighted by Gasteiger charge is -2.57. The quantitative estimate of drug-likeness (QED) is 0.746. The first kappa shape index (κ1) is 16.6. The van der Waals surface area contributed by atoms with Crippen molar-refractivity contribution in [3.05, 3.63) is 11.6 Å². The molecule has 0 spiro atoms. The molecule has 0 aromatic carbocycles. The number of methoxy groups -OCH3 is 1. The van der Waals surface area contributed by atoms with Gasteiger partial charge in [0.1, 0.15) is 0 Å². The first-order chi connectivity index (χ1) is 11.4. The van der Waals surface area contributed by atoms with E-state index in [1.807, 2.05) is 7.11 Å². The summed E-state index contributed by atoms with van der Waals surface area (Å²) in [6.45, 7) is 4.68. The van der Waals surface area contributed by atoms with E-state index in [1.165, 1.54) is 24.8 Å². The van der Waals surface area contributed by atoms with Crippen molar-refractivity contribution >= 4 is 5.97 Å². The number of aliphatic hydroxyl groups is 1. The highest BCUT2D eigenvalue weighted by molar-refractivity contribution is 5.83. The van der Waals surface area contributed by atoms with Gasteiger partial charge in [-0.3, -0.25) is 0 Å². The first-order valence-corrected chi connectivity index (χ1v) is 9.51. The van der Waals surface area contributed by atoms with Crippen molar-refractivity contribution in [2.24, 2.45) is 28.6 Å². The van der Waals surface area contributed by atoms with Gasteiger partial charge >= 0.3 is 5.97 Å². The molecule has 0 amide bonds. The molecule has 7 atom stereocenters. The Morgan fingerprint density at radius 2 is 2.00 bits per heavy atom. The van der Waals surface area contributed by atoms with E-state index in [0.29, 0.717) is 35.7 Å². The molecule has 24 heavy (non-hydrogen) atoms. The fourth-order valence-electron chi connectivity index (χ4n) is 6.90. The van der Waals surface area contributed by atoms with Crippen molar-refractivity contribution in [3.63, 3.8) is 0 Å². The first-order valence-electron chi connectivity index (χ1n) is 9.51. The van der Waals surface area contributed by atoms with Crippen LogP contribution in [0.1, 0.15) is 58.8 Å². The zero-order chi connectivity index (χ0) is 17.1. The van der Waals surface area contributed by atoms with Gasteiger partial charge in [0.2, 0.25) is 6.29 Å². The van der Waals surface area contributed by atoms with Crippen molar-refractivity contribution in [2.45, 2.75) is 71.2 Å². The lowest BCUT2D eigenvalue weighted by atomic mass is 9.48. The third-order valence-corrected chi connectivity index (χ3v) is 8.08. The van der Waals surface area contributed by atoms with Gasteiger partial charge in [-0.25, -0.2) is 4.79 Å². The zero-order valence-electron chi connectivity index (χ0n) is 15.1. The molecule has 3 aliphatic carbocycles. The Balaban J connectivity index is 1.68. The summed E-state index contributed by atoms with van der Waals surface area (Å²) in [5.74, 6) is 1.54. The van der Waals surface area contributed by atoms with Crippen molar-refractivity contribution in [1.82, 2.24) is 0 Å². The topological polar surface area (TPSA) is 55.8 Å². The van der Waals surface area contributed by atoms with Gasteiger partial charge in [-0.15, -0.1) is 0 Å². The fraction of sp³-hybridized carbons (Fsp3) is 0.850. The molecule has 0 bridgehead atoms. The number of rotatable bonds is 1. The zero-order valence-corrected chi connectivity index (χ0v) is 15.1. The molecule has 3 fully saturated rings. The molecule has 4 aliphatic rings. The van der Waals surface area contributed by atoms with E-state index in [9.17, 15) is 9.90 Å². The second-order valence-electron chi connectivity index (χ2n) is 8.94. The number of esters is 1. The molecule has 0 radical (unpaired) electrons. The summed E-state index contributed by atoms with van der Waals surface area (Å²) in [5.41, 5.74) is 1.39. The van der Waals surface area contributed by atoms with E-state index in [4.69, 9.17) is 9.47 Å². The van der Waals surface area contributed by atoms with Gasteiger partial charge in [-0.1, -0.05) is 19.4 Å². The maximum Gasteiger partial charge on any atom is 0.333 e. The highest BCUT2D eigenvalue weighted by Gasteiger charge is 2.59. The number of hydrogen-bond donors (Lipinski definition) is 1. The van der Waals surface area contributed by atoms with E-state index < -0.39 is 6.29 Å². The highest BCUT2D eigenvalue weighted by atomic mass is 16.6. The molecular weight excluding hydrogens is 304 g/mol. The van der Waals surface area contributed by atoms with Gasteiger partial charge in [0.15, 0.2) is 0 Å². The maximum atomic E-state index is 11.9. The van der Waals surface area contributed by atoms with Gasteiger partial charge < -0.3 is 14.6 Å². The SMILES string of the molecule is CO[C@H]1CC[C@H]2[C@@H]3CCC4=CC(=O)O[C@@H](O)C[C@]4(C)[C@H]3CC[C@]12C. The van der Waals surface area contributed by atoms with Crippen LogP contribution in [-0.2, 0) is 14.3 Å². The van der Waals surface area contributed by atoms with Crippen LogP contribution >= 0.6 is 0 Å². The lowest BCUT2D eigenvalue weighted by Crippen LogP contribution is -2.51. The molecule has 0 unspecified atom stereocenters. The fourth-order valence-corrected chi connectivity index (χ4v) is 6.90. The van der Waals surface area contributed by atoms with Gasteiger partial charge in [-0.05, 0) is 67.1 Å². The number of ether oxygens (including phenoxy) is 2. The molecule has 3 saturated carbocycles. The van der Waals surface area contributed by atoms with E-state index in [2.05, 4.69) is 13.8 Å². The Hall–Kier alpha value is -0.870. The standard InChI is InChI=1S/C20H30O4/c1-19-9-8-15-13(14(19)6-7-16(19)23-3)5-4-12-10-17(21)24-18(22)11-20(12,15)2/h10,13-16,18,22H,4-9,11H2,1-3H3/t13-,14-,15-,16-,18+,19-,20-/m0/s1. The maximum absolute atomic E-state index is 11.9. The van der Waals surface area contributed by atoms with Crippen LogP contribution in [0.2, 0.25) is 0 Å². The Morgan fingerprint density at radius 1 is 1.21 bits per heavy atom. The summed E-state index contributed by atoms with van der Waals surface area (Å²) < 4.78 is 10.9. The minimum Gasteiger partial charge on any atom is -0.433 e. The Morgan fingerprint density at radius 3 is 2.75 bits per heavy atom. The molecule has 4 rings (SSSR count). The van der Waals surface area contributed by atoms with Crippen LogP contribution < -0.4 is 0 Å². The predicted molar refractivity (Wildman–Crippen MR) is 90.0 cm³/mol. The largest absolute Gasteiger partial charge is 0.433 e. The number of fused-ring (bicyclic) bond motifs is 5. The molecule has 1 aliphatic heterocycles. The van der Waals surface area contributed by atoms with Crippen LogP contribution in [0.25, 0.3) is 0 Å². The molecule has 0 aromatic rings. The third kappa shape index (κ3) is 2.22. The van der Waals surface area contributed by atoms with E-state index in [-0.39, 0.29) is 11.4 Å². The average Bonchev–Trinajstić information content (AvgIpc) is 2.80.